The third-order valence-electron chi connectivity index (χ3n) is 5.08. The molecule has 0 saturated carbocycles. The minimum atomic E-state index is -4.05. The van der Waals surface area contributed by atoms with Gasteiger partial charge in [0.2, 0.25) is 0 Å². The maximum Gasteiger partial charge on any atom is 0.285 e. The SMILES string of the molecule is C/C(N)=N\C(=N/S(=O)(=O)c1ccc(Br)cc1)N1CC(c2ccccc2)C(c2ccc(Cl)cc2)=N1. The van der Waals surface area contributed by atoms with Gasteiger partial charge in [0, 0.05) is 15.4 Å². The number of nitrogens with two attached hydrogens (primary N) is 1. The highest BCUT2D eigenvalue weighted by Crippen LogP contribution is 2.30. The van der Waals surface area contributed by atoms with Crippen LogP contribution in [0.1, 0.15) is 24.0 Å². The summed E-state index contributed by atoms with van der Waals surface area (Å²) in [5.41, 5.74) is 8.47. The summed E-state index contributed by atoms with van der Waals surface area (Å²) >= 11 is 9.39. The maximum atomic E-state index is 13.0. The first-order chi connectivity index (χ1) is 16.2. The summed E-state index contributed by atoms with van der Waals surface area (Å²) in [6.07, 6.45) is 0. The first kappa shape index (κ1) is 24.1. The van der Waals surface area contributed by atoms with E-state index in [-0.39, 0.29) is 22.6 Å². The average Bonchev–Trinajstić information content (AvgIpc) is 3.25. The molecule has 0 radical (unpaired) electrons. The highest BCUT2D eigenvalue weighted by molar-refractivity contribution is 9.10. The quantitative estimate of drug-likeness (QED) is 0.359. The molecule has 1 heterocycles. The van der Waals surface area contributed by atoms with Gasteiger partial charge in [-0.3, -0.25) is 0 Å². The van der Waals surface area contributed by atoms with Gasteiger partial charge in [-0.15, -0.1) is 4.40 Å². The fourth-order valence-electron chi connectivity index (χ4n) is 3.50. The van der Waals surface area contributed by atoms with Crippen LogP contribution in [0.15, 0.2) is 103 Å². The Morgan fingerprint density at radius 1 is 1.06 bits per heavy atom. The summed E-state index contributed by atoms with van der Waals surface area (Å²) in [6, 6.07) is 23.4. The third-order valence-corrected chi connectivity index (χ3v) is 7.13. The normalized spacial score (nSPS) is 17.1. The molecule has 1 aliphatic heterocycles. The van der Waals surface area contributed by atoms with Gasteiger partial charge < -0.3 is 5.73 Å². The number of guanidine groups is 1. The van der Waals surface area contributed by atoms with Gasteiger partial charge in [0.25, 0.3) is 16.0 Å². The maximum absolute atomic E-state index is 13.0. The lowest BCUT2D eigenvalue weighted by Crippen LogP contribution is -2.27. The summed E-state index contributed by atoms with van der Waals surface area (Å²) in [6.45, 7) is 1.91. The Morgan fingerprint density at radius 2 is 1.71 bits per heavy atom. The number of sulfonamides is 1. The van der Waals surface area contributed by atoms with Crippen molar-refractivity contribution in [1.82, 2.24) is 5.01 Å². The number of nitrogens with zero attached hydrogens (tertiary/aromatic N) is 4. The van der Waals surface area contributed by atoms with Crippen molar-refractivity contribution in [3.63, 3.8) is 0 Å². The molecule has 1 aliphatic rings. The van der Waals surface area contributed by atoms with Crippen LogP contribution in [-0.4, -0.2) is 37.5 Å². The number of rotatable bonds is 4. The third kappa shape index (κ3) is 5.55. The van der Waals surface area contributed by atoms with E-state index in [4.69, 9.17) is 22.4 Å². The molecule has 0 spiro atoms. The van der Waals surface area contributed by atoms with Gasteiger partial charge in [0.1, 0.15) is 0 Å². The first-order valence-corrected chi connectivity index (χ1v) is 12.9. The van der Waals surface area contributed by atoms with E-state index in [9.17, 15) is 8.42 Å². The molecule has 0 aromatic heterocycles. The molecule has 0 fully saturated rings. The molecule has 0 aliphatic carbocycles. The molecule has 7 nitrogen and oxygen atoms in total. The Kier molecular flexibility index (Phi) is 7.16. The van der Waals surface area contributed by atoms with Crippen LogP contribution in [-0.2, 0) is 10.0 Å². The summed E-state index contributed by atoms with van der Waals surface area (Å²) in [5, 5.41) is 6.83. The predicted molar refractivity (Wildman–Crippen MR) is 140 cm³/mol. The molecule has 0 saturated heterocycles. The molecule has 10 heteroatoms. The van der Waals surface area contributed by atoms with E-state index in [1.165, 1.54) is 17.1 Å². The van der Waals surface area contributed by atoms with E-state index in [1.54, 1.807) is 31.2 Å². The fourth-order valence-corrected chi connectivity index (χ4v) is 4.83. The van der Waals surface area contributed by atoms with Crippen LogP contribution in [0.5, 0.6) is 0 Å². The van der Waals surface area contributed by atoms with E-state index in [0.29, 0.717) is 11.6 Å². The summed E-state index contributed by atoms with van der Waals surface area (Å²) in [4.78, 5) is 4.25. The predicted octanol–water partition coefficient (Wildman–Crippen LogP) is 5.03. The average molecular weight is 559 g/mol. The highest BCUT2D eigenvalue weighted by Gasteiger charge is 2.32. The zero-order valence-corrected chi connectivity index (χ0v) is 21.3. The molecule has 1 atom stereocenters. The Balaban J connectivity index is 1.80. The van der Waals surface area contributed by atoms with Gasteiger partial charge in [-0.25, -0.2) is 5.01 Å². The van der Waals surface area contributed by atoms with Crippen LogP contribution in [0, 0.1) is 0 Å². The minimum Gasteiger partial charge on any atom is -0.387 e. The number of amidine groups is 1. The second-order valence-electron chi connectivity index (χ2n) is 7.61. The second-order valence-corrected chi connectivity index (χ2v) is 10.6. The summed E-state index contributed by atoms with van der Waals surface area (Å²) in [7, 11) is -4.05. The van der Waals surface area contributed by atoms with E-state index in [1.807, 2.05) is 42.5 Å². The van der Waals surface area contributed by atoms with Crippen LogP contribution >= 0.6 is 27.5 Å². The monoisotopic (exact) mass is 557 g/mol. The number of benzene rings is 3. The van der Waals surface area contributed by atoms with Crippen LogP contribution in [0.25, 0.3) is 0 Å². The van der Waals surface area contributed by atoms with Crippen molar-refractivity contribution in [2.24, 2.45) is 20.2 Å². The van der Waals surface area contributed by atoms with Crippen LogP contribution in [0.4, 0.5) is 0 Å². The zero-order valence-electron chi connectivity index (χ0n) is 18.1. The smallest absolute Gasteiger partial charge is 0.285 e. The van der Waals surface area contributed by atoms with E-state index >= 15 is 0 Å². The van der Waals surface area contributed by atoms with Gasteiger partial charge in [0.05, 0.1) is 23.0 Å². The second kappa shape index (κ2) is 10.1. The molecule has 0 amide bonds. The van der Waals surface area contributed by atoms with Crippen molar-refractivity contribution in [3.05, 3.63) is 99.5 Å². The van der Waals surface area contributed by atoms with Gasteiger partial charge >= 0.3 is 0 Å². The highest BCUT2D eigenvalue weighted by atomic mass is 79.9. The molecule has 2 N–H and O–H groups in total. The van der Waals surface area contributed by atoms with Crippen molar-refractivity contribution in [3.8, 4) is 0 Å². The minimum absolute atomic E-state index is 0.0405. The van der Waals surface area contributed by atoms with Gasteiger partial charge in [-0.2, -0.15) is 18.5 Å². The summed E-state index contributed by atoms with van der Waals surface area (Å²) in [5.74, 6) is -0.0831. The first-order valence-electron chi connectivity index (χ1n) is 10.3. The molecule has 174 valence electrons. The van der Waals surface area contributed by atoms with Crippen molar-refractivity contribution in [2.75, 3.05) is 6.54 Å². The Labute approximate surface area is 211 Å². The lowest BCUT2D eigenvalue weighted by atomic mass is 9.91. The van der Waals surface area contributed by atoms with Crippen LogP contribution in [0.2, 0.25) is 5.02 Å². The lowest BCUT2D eigenvalue weighted by Gasteiger charge is -2.16. The molecule has 0 bridgehead atoms. The van der Waals surface area contributed by atoms with Crippen molar-refractivity contribution >= 4 is 55.1 Å². The van der Waals surface area contributed by atoms with E-state index < -0.39 is 10.0 Å². The Morgan fingerprint density at radius 3 is 2.32 bits per heavy atom. The number of hydrazone groups is 1. The van der Waals surface area contributed by atoms with Gasteiger partial charge in [-0.1, -0.05) is 70.0 Å². The van der Waals surface area contributed by atoms with Crippen molar-refractivity contribution < 1.29 is 8.42 Å². The largest absolute Gasteiger partial charge is 0.387 e. The topological polar surface area (TPSA) is 100 Å². The fraction of sp³-hybridized carbons (Fsp3) is 0.125. The zero-order chi connectivity index (χ0) is 24.3. The number of aliphatic imine (C=N–C) groups is 1. The van der Waals surface area contributed by atoms with Crippen molar-refractivity contribution in [2.45, 2.75) is 17.7 Å². The molecule has 3 aromatic rings. The van der Waals surface area contributed by atoms with Crippen LogP contribution in [0.3, 0.4) is 0 Å². The number of hydrogen-bond donors (Lipinski definition) is 1. The molecule has 3 aromatic carbocycles. The standard InChI is InChI=1S/C24H21BrClN5O2S/c1-16(27)28-24(30-34(32,33)21-13-9-19(25)10-14-21)31-15-22(17-5-3-2-4-6-17)23(29-31)18-7-11-20(26)12-8-18/h2-14,22H,15H2,1H3,(H2,27,28,30). The lowest BCUT2D eigenvalue weighted by molar-refractivity contribution is 0.470. The van der Waals surface area contributed by atoms with Crippen LogP contribution < -0.4 is 5.73 Å². The van der Waals surface area contributed by atoms with E-state index in [2.05, 4.69) is 25.3 Å². The van der Waals surface area contributed by atoms with Crippen molar-refractivity contribution in [1.29, 1.82) is 0 Å². The van der Waals surface area contributed by atoms with E-state index in [0.717, 1.165) is 21.3 Å². The number of halogens is 2. The molecule has 34 heavy (non-hydrogen) atoms. The molecular weight excluding hydrogens is 538 g/mol. The summed E-state index contributed by atoms with van der Waals surface area (Å²) < 4.78 is 30.8. The van der Waals surface area contributed by atoms with Gasteiger partial charge in [-0.05, 0) is 54.4 Å². The molecular formula is C24H21BrClN5O2S. The molecule has 1 unspecified atom stereocenters. The Bertz CT molecular complexity index is 1370. The molecule has 4 rings (SSSR count). The van der Waals surface area contributed by atoms with Gasteiger partial charge in [0.15, 0.2) is 0 Å². The number of hydrogen-bond acceptors (Lipinski definition) is 3. The Hall–Kier alpha value is -3.01.